The molecule has 2 aliphatic heterocycles. The van der Waals surface area contributed by atoms with Gasteiger partial charge in [0.25, 0.3) is 5.91 Å². The molecule has 0 saturated carbocycles. The minimum Gasteiger partial charge on any atom is -0.497 e. The van der Waals surface area contributed by atoms with Crippen molar-refractivity contribution in [2.75, 3.05) is 20.2 Å². The molecule has 3 amide bonds. The van der Waals surface area contributed by atoms with Crippen molar-refractivity contribution >= 4 is 11.9 Å². The van der Waals surface area contributed by atoms with Gasteiger partial charge in [0.1, 0.15) is 5.75 Å². The molecular weight excluding hydrogens is 294 g/mol. The number of carbonyl (C=O) groups excluding carboxylic acids is 2. The fraction of sp³-hybridized carbons (Fsp3) is 0.412. The third-order valence-corrected chi connectivity index (χ3v) is 4.25. The molecule has 0 unspecified atom stereocenters. The number of hydrogen-bond acceptors (Lipinski definition) is 3. The second-order valence-corrected chi connectivity index (χ2v) is 5.78. The second kappa shape index (κ2) is 6.32. The van der Waals surface area contributed by atoms with Gasteiger partial charge in [0.05, 0.1) is 31.0 Å². The average molecular weight is 315 g/mol. The van der Waals surface area contributed by atoms with Crippen LogP contribution in [0.25, 0.3) is 0 Å². The predicted molar refractivity (Wildman–Crippen MR) is 85.9 cm³/mol. The van der Waals surface area contributed by atoms with Gasteiger partial charge in [0.2, 0.25) is 0 Å². The van der Waals surface area contributed by atoms with E-state index in [1.54, 1.807) is 12.0 Å². The Kier molecular flexibility index (Phi) is 4.23. The van der Waals surface area contributed by atoms with Gasteiger partial charge in [0, 0.05) is 6.54 Å². The summed E-state index contributed by atoms with van der Waals surface area (Å²) in [5.41, 5.74) is 2.24. The number of rotatable bonds is 5. The predicted octanol–water partition coefficient (Wildman–Crippen LogP) is 1.95. The van der Waals surface area contributed by atoms with E-state index in [1.807, 2.05) is 24.3 Å². The van der Waals surface area contributed by atoms with Crippen molar-refractivity contribution in [1.82, 2.24) is 15.5 Å². The van der Waals surface area contributed by atoms with Crippen LogP contribution in [0.4, 0.5) is 4.79 Å². The van der Waals surface area contributed by atoms with E-state index in [0.717, 1.165) is 29.9 Å². The molecule has 3 rings (SSSR count). The first kappa shape index (κ1) is 15.4. The number of urea groups is 1. The lowest BCUT2D eigenvalue weighted by molar-refractivity contribution is -0.125. The second-order valence-electron chi connectivity index (χ2n) is 5.78. The van der Waals surface area contributed by atoms with E-state index in [-0.39, 0.29) is 11.9 Å². The Morgan fingerprint density at radius 1 is 1.26 bits per heavy atom. The van der Waals surface area contributed by atoms with Crippen LogP contribution in [0.1, 0.15) is 31.4 Å². The summed E-state index contributed by atoms with van der Waals surface area (Å²) in [6.45, 7) is 3.29. The first-order valence-corrected chi connectivity index (χ1v) is 7.87. The molecule has 0 aliphatic carbocycles. The Hall–Kier alpha value is -2.50. The molecule has 1 atom stereocenters. The Bertz CT molecular complexity index is 652. The van der Waals surface area contributed by atoms with Crippen LogP contribution in [0.5, 0.6) is 5.75 Å². The Morgan fingerprint density at radius 2 is 2.00 bits per heavy atom. The Morgan fingerprint density at radius 3 is 2.65 bits per heavy atom. The zero-order chi connectivity index (χ0) is 16.4. The van der Waals surface area contributed by atoms with E-state index in [9.17, 15) is 9.59 Å². The molecule has 1 aromatic carbocycles. The highest BCUT2D eigenvalue weighted by atomic mass is 16.5. The maximum Gasteiger partial charge on any atom is 0.319 e. The fourth-order valence-electron chi connectivity index (χ4n) is 3.00. The van der Waals surface area contributed by atoms with Crippen LogP contribution in [0.15, 0.2) is 35.5 Å². The van der Waals surface area contributed by atoms with Gasteiger partial charge >= 0.3 is 6.03 Å². The lowest BCUT2D eigenvalue weighted by Gasteiger charge is -2.25. The summed E-state index contributed by atoms with van der Waals surface area (Å²) in [6.07, 6.45) is 1.99. The number of nitrogens with one attached hydrogen (secondary N) is 2. The molecule has 0 aromatic heterocycles. The molecule has 0 radical (unpaired) electrons. The van der Waals surface area contributed by atoms with E-state index in [4.69, 9.17) is 4.74 Å². The van der Waals surface area contributed by atoms with Crippen LogP contribution in [-0.4, -0.2) is 37.0 Å². The number of methoxy groups -OCH3 is 1. The largest absolute Gasteiger partial charge is 0.497 e. The van der Waals surface area contributed by atoms with Gasteiger partial charge in [-0.3, -0.25) is 4.79 Å². The van der Waals surface area contributed by atoms with E-state index in [1.165, 1.54) is 0 Å². The summed E-state index contributed by atoms with van der Waals surface area (Å²) in [4.78, 5) is 26.4. The minimum atomic E-state index is -0.413. The van der Waals surface area contributed by atoms with E-state index in [0.29, 0.717) is 18.7 Å². The lowest BCUT2D eigenvalue weighted by atomic mass is 9.96. The molecule has 23 heavy (non-hydrogen) atoms. The summed E-state index contributed by atoms with van der Waals surface area (Å²) < 4.78 is 5.16. The van der Waals surface area contributed by atoms with Gasteiger partial charge in [-0.15, -0.1) is 0 Å². The molecule has 122 valence electrons. The van der Waals surface area contributed by atoms with Gasteiger partial charge in [-0.1, -0.05) is 25.5 Å². The van der Waals surface area contributed by atoms with Crippen molar-refractivity contribution in [3.8, 4) is 5.75 Å². The van der Waals surface area contributed by atoms with E-state index < -0.39 is 6.04 Å². The van der Waals surface area contributed by atoms with Crippen molar-refractivity contribution in [2.24, 2.45) is 0 Å². The molecule has 6 heteroatoms. The van der Waals surface area contributed by atoms with Gasteiger partial charge in [-0.2, -0.15) is 0 Å². The summed E-state index contributed by atoms with van der Waals surface area (Å²) in [6, 6.07) is 6.73. The normalized spacial score (nSPS) is 20.3. The van der Waals surface area contributed by atoms with Crippen molar-refractivity contribution in [3.05, 3.63) is 41.1 Å². The number of unbranched alkanes of at least 4 members (excludes halogenated alkanes) is 1. The smallest absolute Gasteiger partial charge is 0.319 e. The Balaban J connectivity index is 1.89. The van der Waals surface area contributed by atoms with Gasteiger partial charge in [-0.25, -0.2) is 4.79 Å². The topological polar surface area (TPSA) is 70.7 Å². The van der Waals surface area contributed by atoms with Gasteiger partial charge in [-0.05, 0) is 24.1 Å². The summed E-state index contributed by atoms with van der Waals surface area (Å²) in [7, 11) is 1.61. The minimum absolute atomic E-state index is 0.00164. The van der Waals surface area contributed by atoms with E-state index >= 15 is 0 Å². The van der Waals surface area contributed by atoms with Crippen LogP contribution >= 0.6 is 0 Å². The molecule has 6 nitrogen and oxygen atoms in total. The van der Waals surface area contributed by atoms with Crippen LogP contribution in [0.2, 0.25) is 0 Å². The zero-order valence-corrected chi connectivity index (χ0v) is 13.4. The Labute approximate surface area is 135 Å². The monoisotopic (exact) mass is 315 g/mol. The first-order chi connectivity index (χ1) is 11.1. The number of nitrogens with zero attached hydrogens (tertiary/aromatic N) is 1. The molecular formula is C17H21N3O3. The standard InChI is InChI=1S/C17H21N3O3/c1-3-4-9-20-10-13-14(16(20)21)15(19-17(22)18-13)11-5-7-12(23-2)8-6-11/h5-8,15H,3-4,9-10H2,1-2H3,(H2,18,19,22)/t15-/m0/s1. The van der Waals surface area contributed by atoms with Gasteiger partial charge in [0.15, 0.2) is 0 Å². The first-order valence-electron chi connectivity index (χ1n) is 7.87. The highest BCUT2D eigenvalue weighted by Crippen LogP contribution is 2.33. The number of carbonyl (C=O) groups is 2. The maximum absolute atomic E-state index is 12.7. The molecule has 1 aromatic rings. The lowest BCUT2D eigenvalue weighted by Crippen LogP contribution is -2.44. The maximum atomic E-state index is 12.7. The van der Waals surface area contributed by atoms with Crippen LogP contribution in [-0.2, 0) is 4.79 Å². The van der Waals surface area contributed by atoms with Crippen molar-refractivity contribution in [2.45, 2.75) is 25.8 Å². The molecule has 0 saturated heterocycles. The SMILES string of the molecule is CCCCN1CC2=C(C1=O)[C@H](c1ccc(OC)cc1)NC(=O)N2. The molecule has 0 fully saturated rings. The highest BCUT2D eigenvalue weighted by molar-refractivity contribution is 6.01. The molecule has 2 heterocycles. The summed E-state index contributed by atoms with van der Waals surface area (Å²) >= 11 is 0. The van der Waals surface area contributed by atoms with Crippen LogP contribution < -0.4 is 15.4 Å². The number of benzene rings is 1. The van der Waals surface area contributed by atoms with Gasteiger partial charge < -0.3 is 20.3 Å². The zero-order valence-electron chi connectivity index (χ0n) is 13.4. The highest BCUT2D eigenvalue weighted by Gasteiger charge is 2.39. The summed E-state index contributed by atoms with van der Waals surface area (Å²) in [5, 5.41) is 5.63. The van der Waals surface area contributed by atoms with Crippen LogP contribution in [0, 0.1) is 0 Å². The third kappa shape index (κ3) is 2.88. The fourth-order valence-corrected chi connectivity index (χ4v) is 3.00. The molecule has 0 bridgehead atoms. The van der Waals surface area contributed by atoms with Crippen molar-refractivity contribution in [3.63, 3.8) is 0 Å². The molecule has 0 spiro atoms. The number of ether oxygens (including phenoxy) is 1. The van der Waals surface area contributed by atoms with Crippen LogP contribution in [0.3, 0.4) is 0 Å². The third-order valence-electron chi connectivity index (χ3n) is 4.25. The number of hydrogen-bond donors (Lipinski definition) is 2. The molecule has 2 aliphatic rings. The number of amides is 3. The molecule has 2 N–H and O–H groups in total. The van der Waals surface area contributed by atoms with E-state index in [2.05, 4.69) is 17.6 Å². The quantitative estimate of drug-likeness (QED) is 0.872. The summed E-state index contributed by atoms with van der Waals surface area (Å²) in [5.74, 6) is 0.743. The van der Waals surface area contributed by atoms with Crippen molar-refractivity contribution < 1.29 is 14.3 Å². The van der Waals surface area contributed by atoms with Crippen molar-refractivity contribution in [1.29, 1.82) is 0 Å². The average Bonchev–Trinajstić information content (AvgIpc) is 2.88.